The molecule has 0 saturated heterocycles. The standard InChI is InChI=1S/C10H12ClN3O/c1-10(2,3)9(15)6-4-7(11)13-8(5-6)14-12/h4-5,12H,1-3H3. The van der Waals surface area contributed by atoms with Crippen LogP contribution in [0.4, 0.5) is 5.82 Å². The number of pyridine rings is 1. The second kappa shape index (κ2) is 4.06. The van der Waals surface area contributed by atoms with Crippen molar-refractivity contribution in [2.24, 2.45) is 10.5 Å². The Hall–Kier alpha value is -1.29. The number of Topliss-reactive ketones (excluding diaryl/α,β-unsaturated/α-hetero) is 1. The van der Waals surface area contributed by atoms with Gasteiger partial charge < -0.3 is 0 Å². The highest BCUT2D eigenvalue weighted by atomic mass is 35.5. The summed E-state index contributed by atoms with van der Waals surface area (Å²) in [7, 11) is 0. The lowest BCUT2D eigenvalue weighted by atomic mass is 9.87. The van der Waals surface area contributed by atoms with Gasteiger partial charge in [0.25, 0.3) is 0 Å². The number of hydrogen-bond acceptors (Lipinski definition) is 4. The first-order chi connectivity index (χ1) is 6.84. The average molecular weight is 226 g/mol. The summed E-state index contributed by atoms with van der Waals surface area (Å²) in [6, 6.07) is 2.95. The lowest BCUT2D eigenvalue weighted by molar-refractivity contribution is 0.0858. The lowest BCUT2D eigenvalue weighted by Gasteiger charge is -2.16. The first-order valence-corrected chi connectivity index (χ1v) is 4.82. The van der Waals surface area contributed by atoms with Crippen molar-refractivity contribution in [1.82, 2.24) is 4.98 Å². The highest BCUT2D eigenvalue weighted by Gasteiger charge is 2.23. The number of ketones is 1. The van der Waals surface area contributed by atoms with Gasteiger partial charge in [-0.05, 0) is 12.1 Å². The van der Waals surface area contributed by atoms with Crippen molar-refractivity contribution >= 4 is 23.2 Å². The second-order valence-corrected chi connectivity index (χ2v) is 4.61. The number of aromatic nitrogens is 1. The van der Waals surface area contributed by atoms with E-state index in [2.05, 4.69) is 10.1 Å². The summed E-state index contributed by atoms with van der Waals surface area (Å²) in [5.74, 6) is 0.104. The van der Waals surface area contributed by atoms with E-state index in [1.54, 1.807) is 0 Å². The maximum absolute atomic E-state index is 11.9. The van der Waals surface area contributed by atoms with Gasteiger partial charge in [0, 0.05) is 11.0 Å². The normalized spacial score (nSPS) is 11.2. The number of nitrogens with zero attached hydrogens (tertiary/aromatic N) is 2. The van der Waals surface area contributed by atoms with Crippen LogP contribution in [0.3, 0.4) is 0 Å². The molecule has 5 heteroatoms. The first kappa shape index (κ1) is 11.8. The molecule has 1 N–H and O–H groups in total. The van der Waals surface area contributed by atoms with Crippen LogP contribution in [-0.4, -0.2) is 10.8 Å². The predicted molar refractivity (Wildman–Crippen MR) is 57.8 cm³/mol. The monoisotopic (exact) mass is 225 g/mol. The molecule has 1 rings (SSSR count). The quantitative estimate of drug-likeness (QED) is 0.475. The Bertz CT molecular complexity index is 410. The van der Waals surface area contributed by atoms with Crippen LogP contribution in [0, 0.1) is 10.9 Å². The van der Waals surface area contributed by atoms with Gasteiger partial charge in [0.2, 0.25) is 0 Å². The van der Waals surface area contributed by atoms with E-state index in [-0.39, 0.29) is 16.8 Å². The fraction of sp³-hybridized carbons (Fsp3) is 0.400. The summed E-state index contributed by atoms with van der Waals surface area (Å²) in [5, 5.41) is 3.34. The van der Waals surface area contributed by atoms with Gasteiger partial charge in [-0.15, -0.1) is 5.11 Å². The maximum Gasteiger partial charge on any atom is 0.175 e. The molecule has 0 aromatic carbocycles. The van der Waals surface area contributed by atoms with Gasteiger partial charge in [0.15, 0.2) is 11.6 Å². The average Bonchev–Trinajstić information content (AvgIpc) is 2.14. The van der Waals surface area contributed by atoms with Crippen LogP contribution in [0.5, 0.6) is 0 Å². The van der Waals surface area contributed by atoms with Crippen LogP contribution in [0.25, 0.3) is 0 Å². The molecule has 80 valence electrons. The molecule has 0 spiro atoms. The van der Waals surface area contributed by atoms with E-state index in [0.29, 0.717) is 5.56 Å². The predicted octanol–water partition coefficient (Wildman–Crippen LogP) is 3.63. The summed E-state index contributed by atoms with van der Waals surface area (Å²) in [4.78, 5) is 15.7. The zero-order valence-electron chi connectivity index (χ0n) is 8.84. The van der Waals surface area contributed by atoms with Gasteiger partial charge >= 0.3 is 0 Å². The zero-order chi connectivity index (χ0) is 11.6. The van der Waals surface area contributed by atoms with Gasteiger partial charge in [0.1, 0.15) is 5.15 Å². The molecule has 1 aromatic rings. The van der Waals surface area contributed by atoms with E-state index in [4.69, 9.17) is 17.1 Å². The molecule has 15 heavy (non-hydrogen) atoms. The Kier molecular flexibility index (Phi) is 3.19. The number of halogens is 1. The number of carbonyl (C=O) groups is 1. The van der Waals surface area contributed by atoms with E-state index in [9.17, 15) is 4.79 Å². The summed E-state index contributed by atoms with van der Waals surface area (Å²) in [5.41, 5.74) is 6.78. The number of nitrogens with one attached hydrogen (secondary N) is 1. The minimum absolute atomic E-state index is 0.0447. The number of rotatable bonds is 2. The van der Waals surface area contributed by atoms with Crippen LogP contribution in [-0.2, 0) is 0 Å². The number of hydrogen-bond donors (Lipinski definition) is 1. The van der Waals surface area contributed by atoms with Crippen molar-refractivity contribution in [3.8, 4) is 0 Å². The third-order valence-electron chi connectivity index (χ3n) is 1.84. The molecule has 1 heterocycles. The molecule has 0 atom stereocenters. The third-order valence-corrected chi connectivity index (χ3v) is 2.03. The van der Waals surface area contributed by atoms with Crippen molar-refractivity contribution in [3.05, 3.63) is 22.8 Å². The van der Waals surface area contributed by atoms with Crippen LogP contribution in [0.2, 0.25) is 5.15 Å². The fourth-order valence-electron chi connectivity index (χ4n) is 1.10. The van der Waals surface area contributed by atoms with Crippen molar-refractivity contribution < 1.29 is 4.79 Å². The van der Waals surface area contributed by atoms with E-state index >= 15 is 0 Å². The summed E-state index contributed by atoms with van der Waals surface area (Å²) in [6.07, 6.45) is 0. The molecule has 0 aliphatic carbocycles. The zero-order valence-corrected chi connectivity index (χ0v) is 9.59. The van der Waals surface area contributed by atoms with Gasteiger partial charge in [-0.1, -0.05) is 32.4 Å². The molecule has 0 amide bonds. The number of carbonyl (C=O) groups excluding carboxylic acids is 1. The molecule has 0 saturated carbocycles. The van der Waals surface area contributed by atoms with Crippen LogP contribution >= 0.6 is 11.6 Å². The van der Waals surface area contributed by atoms with Crippen molar-refractivity contribution in [1.29, 1.82) is 5.53 Å². The highest BCUT2D eigenvalue weighted by Crippen LogP contribution is 2.24. The Morgan fingerprint density at radius 2 is 2.07 bits per heavy atom. The first-order valence-electron chi connectivity index (χ1n) is 4.44. The Balaban J connectivity index is 3.21. The van der Waals surface area contributed by atoms with E-state index < -0.39 is 5.41 Å². The molecule has 4 nitrogen and oxygen atoms in total. The van der Waals surface area contributed by atoms with E-state index in [0.717, 1.165) is 0 Å². The SMILES string of the molecule is CC(C)(C)C(=O)c1cc(Cl)nc(N=N)c1. The molecule has 1 aromatic heterocycles. The van der Waals surface area contributed by atoms with Crippen molar-refractivity contribution in [3.63, 3.8) is 0 Å². The minimum atomic E-state index is -0.482. The lowest BCUT2D eigenvalue weighted by Crippen LogP contribution is -2.20. The molecular formula is C10H12ClN3O. The molecule has 0 aliphatic rings. The largest absolute Gasteiger partial charge is 0.294 e. The minimum Gasteiger partial charge on any atom is -0.294 e. The molecule has 0 unspecified atom stereocenters. The molecular weight excluding hydrogens is 214 g/mol. The van der Waals surface area contributed by atoms with Gasteiger partial charge in [-0.25, -0.2) is 10.5 Å². The highest BCUT2D eigenvalue weighted by molar-refractivity contribution is 6.30. The van der Waals surface area contributed by atoms with Crippen LogP contribution in [0.15, 0.2) is 17.2 Å². The molecule has 0 fully saturated rings. The van der Waals surface area contributed by atoms with Crippen LogP contribution in [0.1, 0.15) is 31.1 Å². The Labute approximate surface area is 93.2 Å². The van der Waals surface area contributed by atoms with E-state index in [1.807, 2.05) is 20.8 Å². The summed E-state index contributed by atoms with van der Waals surface area (Å²) < 4.78 is 0. The third kappa shape index (κ3) is 2.83. The summed E-state index contributed by atoms with van der Waals surface area (Å²) >= 11 is 5.72. The van der Waals surface area contributed by atoms with Gasteiger partial charge in [0.05, 0.1) is 0 Å². The van der Waals surface area contributed by atoms with Gasteiger partial charge in [-0.3, -0.25) is 4.79 Å². The Morgan fingerprint density at radius 1 is 1.47 bits per heavy atom. The summed E-state index contributed by atoms with van der Waals surface area (Å²) in [6.45, 7) is 5.46. The smallest absolute Gasteiger partial charge is 0.175 e. The van der Waals surface area contributed by atoms with Crippen molar-refractivity contribution in [2.45, 2.75) is 20.8 Å². The maximum atomic E-state index is 11.9. The molecule has 0 aliphatic heterocycles. The van der Waals surface area contributed by atoms with E-state index in [1.165, 1.54) is 12.1 Å². The molecule has 0 bridgehead atoms. The molecule has 0 radical (unpaired) electrons. The Morgan fingerprint density at radius 3 is 2.53 bits per heavy atom. The van der Waals surface area contributed by atoms with Crippen LogP contribution < -0.4 is 0 Å². The van der Waals surface area contributed by atoms with Gasteiger partial charge in [-0.2, -0.15) is 0 Å². The topological polar surface area (TPSA) is 66.2 Å². The fourth-order valence-corrected chi connectivity index (χ4v) is 1.31. The van der Waals surface area contributed by atoms with Crippen molar-refractivity contribution in [2.75, 3.05) is 0 Å². The second-order valence-electron chi connectivity index (χ2n) is 4.23.